The van der Waals surface area contributed by atoms with Crippen molar-refractivity contribution in [3.05, 3.63) is 38.2 Å². The Bertz CT molecular complexity index is 1070. The number of fused-ring (bicyclic) bond motifs is 3. The molecule has 1 aliphatic rings. The second-order valence-corrected chi connectivity index (χ2v) is 9.55. The van der Waals surface area contributed by atoms with Crippen molar-refractivity contribution in [3.63, 3.8) is 0 Å². The first kappa shape index (κ1) is 19.2. The maximum absolute atomic E-state index is 13.4. The van der Waals surface area contributed by atoms with Crippen molar-refractivity contribution < 1.29 is 4.79 Å². The number of amides is 1. The minimum Gasteiger partial charge on any atom is -0.302 e. The maximum Gasteiger partial charge on any atom is 0.263 e. The van der Waals surface area contributed by atoms with Gasteiger partial charge in [-0.15, -0.1) is 22.7 Å². The van der Waals surface area contributed by atoms with Crippen LogP contribution >= 0.6 is 22.7 Å². The van der Waals surface area contributed by atoms with Gasteiger partial charge in [0.1, 0.15) is 17.2 Å². The normalized spacial score (nSPS) is 16.5. The summed E-state index contributed by atoms with van der Waals surface area (Å²) in [5.41, 5.74) is 1.03. The summed E-state index contributed by atoms with van der Waals surface area (Å²) in [4.78, 5) is 38.8. The monoisotopic (exact) mass is 417 g/mol. The summed E-state index contributed by atoms with van der Waals surface area (Å²) >= 11 is 2.99. The van der Waals surface area contributed by atoms with Gasteiger partial charge < -0.3 is 10.2 Å². The zero-order valence-corrected chi connectivity index (χ0v) is 17.8. The molecular formula is C19H23N5O2S2. The third-order valence-electron chi connectivity index (χ3n) is 4.93. The van der Waals surface area contributed by atoms with E-state index in [1.807, 2.05) is 19.0 Å². The van der Waals surface area contributed by atoms with Crippen LogP contribution in [0.1, 0.15) is 29.6 Å². The molecule has 28 heavy (non-hydrogen) atoms. The molecule has 3 aromatic heterocycles. The van der Waals surface area contributed by atoms with E-state index in [4.69, 9.17) is 4.98 Å². The average molecular weight is 418 g/mol. The zero-order valence-electron chi connectivity index (χ0n) is 16.2. The van der Waals surface area contributed by atoms with Crippen molar-refractivity contribution in [3.8, 4) is 0 Å². The van der Waals surface area contributed by atoms with Gasteiger partial charge in [0, 0.05) is 16.5 Å². The number of aromatic nitrogens is 3. The average Bonchev–Trinajstić information content (AvgIpc) is 3.24. The van der Waals surface area contributed by atoms with E-state index < -0.39 is 0 Å². The molecule has 7 nitrogen and oxygen atoms in total. The van der Waals surface area contributed by atoms with Gasteiger partial charge in [-0.1, -0.05) is 6.92 Å². The van der Waals surface area contributed by atoms with Gasteiger partial charge in [-0.2, -0.15) is 0 Å². The molecule has 0 bridgehead atoms. The standard InChI is InChI=1S/C19H23N5O2S2/c1-11-4-5-12-13(8-11)28-17-16(12)18(26)24(14(21-17)9-23(2)3)10-15(25)22-19-20-6-7-27-19/h6-7,11H,4-5,8-10H2,1-3H3,(H,20,22,25). The molecule has 3 aromatic rings. The highest BCUT2D eigenvalue weighted by atomic mass is 32.1. The first-order valence-electron chi connectivity index (χ1n) is 9.30. The Balaban J connectivity index is 1.77. The Morgan fingerprint density at radius 2 is 2.25 bits per heavy atom. The Hall–Kier alpha value is -2.10. The van der Waals surface area contributed by atoms with Gasteiger partial charge in [-0.3, -0.25) is 14.2 Å². The summed E-state index contributed by atoms with van der Waals surface area (Å²) in [5, 5.41) is 5.79. The van der Waals surface area contributed by atoms with Gasteiger partial charge in [0.15, 0.2) is 5.13 Å². The van der Waals surface area contributed by atoms with Crippen molar-refractivity contribution in [2.24, 2.45) is 5.92 Å². The molecule has 0 aromatic carbocycles. The highest BCUT2D eigenvalue weighted by Crippen LogP contribution is 2.35. The van der Waals surface area contributed by atoms with Gasteiger partial charge in [-0.05, 0) is 44.8 Å². The van der Waals surface area contributed by atoms with E-state index in [1.54, 1.807) is 22.9 Å². The highest BCUT2D eigenvalue weighted by Gasteiger charge is 2.25. The topological polar surface area (TPSA) is 80.1 Å². The van der Waals surface area contributed by atoms with E-state index >= 15 is 0 Å². The summed E-state index contributed by atoms with van der Waals surface area (Å²) < 4.78 is 1.52. The number of nitrogens with zero attached hydrogens (tertiary/aromatic N) is 4. The first-order valence-corrected chi connectivity index (χ1v) is 11.0. The van der Waals surface area contributed by atoms with Crippen LogP contribution in [0.4, 0.5) is 5.13 Å². The van der Waals surface area contributed by atoms with Crippen LogP contribution < -0.4 is 10.9 Å². The highest BCUT2D eigenvalue weighted by molar-refractivity contribution is 7.18. The summed E-state index contributed by atoms with van der Waals surface area (Å²) in [6, 6.07) is 0. The molecule has 148 valence electrons. The predicted octanol–water partition coefficient (Wildman–Crippen LogP) is 2.74. The number of carbonyl (C=O) groups excluding carboxylic acids is 1. The Morgan fingerprint density at radius 1 is 1.43 bits per heavy atom. The van der Waals surface area contributed by atoms with E-state index in [2.05, 4.69) is 17.2 Å². The van der Waals surface area contributed by atoms with Crippen molar-refractivity contribution in [1.82, 2.24) is 19.4 Å². The third kappa shape index (κ3) is 3.74. The molecule has 1 atom stereocenters. The number of hydrogen-bond donors (Lipinski definition) is 1. The fourth-order valence-corrected chi connectivity index (χ4v) is 5.56. The molecule has 0 saturated carbocycles. The zero-order chi connectivity index (χ0) is 19.8. The molecule has 1 amide bonds. The molecule has 3 heterocycles. The number of rotatable bonds is 5. The molecule has 1 N–H and O–H groups in total. The third-order valence-corrected chi connectivity index (χ3v) is 6.77. The number of aryl methyl sites for hydroxylation is 1. The SMILES string of the molecule is CC1CCc2c(sc3nc(CN(C)C)n(CC(=O)Nc4nccs4)c(=O)c23)C1. The number of anilines is 1. The van der Waals surface area contributed by atoms with E-state index in [9.17, 15) is 9.59 Å². The second-order valence-electron chi connectivity index (χ2n) is 7.57. The molecule has 0 radical (unpaired) electrons. The van der Waals surface area contributed by atoms with Crippen molar-refractivity contribution >= 4 is 43.9 Å². The van der Waals surface area contributed by atoms with Gasteiger partial charge in [-0.25, -0.2) is 9.97 Å². The Morgan fingerprint density at radius 3 is 2.96 bits per heavy atom. The molecule has 1 aliphatic carbocycles. The summed E-state index contributed by atoms with van der Waals surface area (Å²) in [7, 11) is 3.86. The summed E-state index contributed by atoms with van der Waals surface area (Å²) in [6.07, 6.45) is 4.63. The van der Waals surface area contributed by atoms with Crippen molar-refractivity contribution in [2.75, 3.05) is 19.4 Å². The fourth-order valence-electron chi connectivity index (χ4n) is 3.62. The van der Waals surface area contributed by atoms with Crippen LogP contribution in [-0.2, 0) is 30.7 Å². The van der Waals surface area contributed by atoms with Gasteiger partial charge in [0.25, 0.3) is 5.56 Å². The van der Waals surface area contributed by atoms with Crippen LogP contribution in [0.5, 0.6) is 0 Å². The molecule has 0 aliphatic heterocycles. The predicted molar refractivity (Wildman–Crippen MR) is 113 cm³/mol. The Kier molecular flexibility index (Phi) is 5.31. The number of thiophene rings is 1. The van der Waals surface area contributed by atoms with Crippen molar-refractivity contribution in [1.29, 1.82) is 0 Å². The number of thiazole rings is 1. The summed E-state index contributed by atoms with van der Waals surface area (Å²) in [6.45, 7) is 2.68. The van der Waals surface area contributed by atoms with Gasteiger partial charge in [0.05, 0.1) is 11.9 Å². The van der Waals surface area contributed by atoms with Crippen molar-refractivity contribution in [2.45, 2.75) is 39.3 Å². The van der Waals surface area contributed by atoms with Gasteiger partial charge >= 0.3 is 0 Å². The lowest BCUT2D eigenvalue weighted by Gasteiger charge is -2.18. The first-order chi connectivity index (χ1) is 13.4. The molecule has 0 fully saturated rings. The lowest BCUT2D eigenvalue weighted by Crippen LogP contribution is -2.33. The van der Waals surface area contributed by atoms with E-state index in [0.717, 1.165) is 29.7 Å². The van der Waals surface area contributed by atoms with Crippen LogP contribution in [0.2, 0.25) is 0 Å². The Labute approximate surface area is 171 Å². The molecule has 9 heteroatoms. The van der Waals surface area contributed by atoms with Crippen LogP contribution in [-0.4, -0.2) is 39.4 Å². The molecule has 0 spiro atoms. The molecule has 4 rings (SSSR count). The molecule has 0 saturated heterocycles. The quantitative estimate of drug-likeness (QED) is 0.690. The summed E-state index contributed by atoms with van der Waals surface area (Å²) in [5.74, 6) is 0.979. The number of hydrogen-bond acceptors (Lipinski definition) is 7. The minimum atomic E-state index is -0.268. The van der Waals surface area contributed by atoms with Gasteiger partial charge in [0.2, 0.25) is 5.91 Å². The van der Waals surface area contributed by atoms with E-state index in [0.29, 0.717) is 28.8 Å². The smallest absolute Gasteiger partial charge is 0.263 e. The lowest BCUT2D eigenvalue weighted by molar-refractivity contribution is -0.116. The largest absolute Gasteiger partial charge is 0.302 e. The fraction of sp³-hybridized carbons (Fsp3) is 0.474. The van der Waals surface area contributed by atoms with Crippen LogP contribution in [0.25, 0.3) is 10.2 Å². The maximum atomic E-state index is 13.4. The number of nitrogens with one attached hydrogen (secondary N) is 1. The molecule has 1 unspecified atom stereocenters. The van der Waals surface area contributed by atoms with E-state index in [1.165, 1.54) is 20.8 Å². The number of carbonyl (C=O) groups is 1. The van der Waals surface area contributed by atoms with E-state index in [-0.39, 0.29) is 18.0 Å². The van der Waals surface area contributed by atoms with Crippen LogP contribution in [0, 0.1) is 5.92 Å². The lowest BCUT2D eigenvalue weighted by atomic mass is 9.89. The van der Waals surface area contributed by atoms with Crippen LogP contribution in [0.15, 0.2) is 16.4 Å². The molecular weight excluding hydrogens is 394 g/mol. The second kappa shape index (κ2) is 7.73. The minimum absolute atomic E-state index is 0.0639. The van der Waals surface area contributed by atoms with Crippen LogP contribution in [0.3, 0.4) is 0 Å².